The molecule has 0 aliphatic rings. The number of amides is 2. The van der Waals surface area contributed by atoms with Crippen molar-refractivity contribution in [2.24, 2.45) is 5.92 Å². The van der Waals surface area contributed by atoms with Crippen molar-refractivity contribution in [1.82, 2.24) is 10.6 Å². The fraction of sp³-hybridized carbons (Fsp3) is 0.857. The van der Waals surface area contributed by atoms with E-state index in [9.17, 15) is 9.59 Å². The summed E-state index contributed by atoms with van der Waals surface area (Å²) in [6, 6.07) is -1.30. The van der Waals surface area contributed by atoms with Gasteiger partial charge in [-0.3, -0.25) is 0 Å². The molecule has 0 radical (unpaired) electrons. The lowest BCUT2D eigenvalue weighted by atomic mass is 9.99. The van der Waals surface area contributed by atoms with Crippen LogP contribution in [-0.2, 0) is 14.3 Å². The number of carboxylic acids is 1. The molecule has 0 aliphatic heterocycles. The number of carbonyl (C=O) groups is 2. The first-order valence-electron chi connectivity index (χ1n) is 7.36. The Morgan fingerprint density at radius 1 is 1.19 bits per heavy atom. The smallest absolute Gasteiger partial charge is 0.326 e. The third-order valence-corrected chi connectivity index (χ3v) is 3.20. The molecule has 3 N–H and O–H groups in total. The molecule has 1 unspecified atom stereocenters. The number of unbranched alkanes of at least 4 members (excludes halogenated alkanes) is 1. The van der Waals surface area contributed by atoms with Gasteiger partial charge < -0.3 is 25.2 Å². The number of rotatable bonds is 12. The van der Waals surface area contributed by atoms with Crippen molar-refractivity contribution in [2.45, 2.75) is 39.2 Å². The predicted molar refractivity (Wildman–Crippen MR) is 79.3 cm³/mol. The lowest BCUT2D eigenvalue weighted by Gasteiger charge is -2.20. The number of carboxylic acid groups (broad SMARTS) is 1. The number of hydrogen-bond acceptors (Lipinski definition) is 4. The molecular weight excluding hydrogens is 276 g/mol. The normalized spacial score (nSPS) is 13.5. The summed E-state index contributed by atoms with van der Waals surface area (Å²) < 4.78 is 10.1. The Bertz CT molecular complexity index is 299. The molecule has 0 rings (SSSR count). The van der Waals surface area contributed by atoms with Gasteiger partial charge in [-0.1, -0.05) is 20.3 Å². The van der Waals surface area contributed by atoms with Crippen molar-refractivity contribution in [1.29, 1.82) is 0 Å². The number of hydrogen-bond donors (Lipinski definition) is 3. The van der Waals surface area contributed by atoms with Crippen LogP contribution in [-0.4, -0.2) is 56.6 Å². The van der Waals surface area contributed by atoms with Gasteiger partial charge in [0, 0.05) is 20.3 Å². The Morgan fingerprint density at radius 3 is 2.48 bits per heavy atom. The summed E-state index contributed by atoms with van der Waals surface area (Å²) in [7, 11) is 1.62. The summed E-state index contributed by atoms with van der Waals surface area (Å²) in [5.74, 6) is -1.12. The molecule has 0 bridgehead atoms. The van der Waals surface area contributed by atoms with Gasteiger partial charge in [-0.25, -0.2) is 9.59 Å². The van der Waals surface area contributed by atoms with Crippen molar-refractivity contribution >= 4 is 12.0 Å². The van der Waals surface area contributed by atoms with Gasteiger partial charge in [-0.15, -0.1) is 0 Å². The first-order chi connectivity index (χ1) is 10.0. The van der Waals surface area contributed by atoms with Crippen LogP contribution in [0.25, 0.3) is 0 Å². The van der Waals surface area contributed by atoms with Gasteiger partial charge in [0.15, 0.2) is 0 Å². The third-order valence-electron chi connectivity index (χ3n) is 3.20. The molecule has 0 saturated carbocycles. The molecule has 0 aromatic rings. The molecule has 0 heterocycles. The van der Waals surface area contributed by atoms with Crippen LogP contribution in [0.1, 0.15) is 33.1 Å². The van der Waals surface area contributed by atoms with E-state index in [2.05, 4.69) is 10.6 Å². The van der Waals surface area contributed by atoms with E-state index in [0.29, 0.717) is 32.8 Å². The van der Waals surface area contributed by atoms with Gasteiger partial charge >= 0.3 is 12.0 Å². The average molecular weight is 304 g/mol. The lowest BCUT2D eigenvalue weighted by molar-refractivity contribution is -0.140. The number of ether oxygens (including phenoxy) is 2. The zero-order valence-electron chi connectivity index (χ0n) is 13.2. The fourth-order valence-corrected chi connectivity index (χ4v) is 1.65. The maximum Gasteiger partial charge on any atom is 0.326 e. The highest BCUT2D eigenvalue weighted by atomic mass is 16.5. The summed E-state index contributed by atoms with van der Waals surface area (Å²) in [5, 5.41) is 14.2. The molecule has 7 nitrogen and oxygen atoms in total. The quantitative estimate of drug-likeness (QED) is 0.471. The van der Waals surface area contributed by atoms with Gasteiger partial charge in [0.2, 0.25) is 0 Å². The van der Waals surface area contributed by atoms with Crippen LogP contribution in [0.3, 0.4) is 0 Å². The Hall–Kier alpha value is -1.34. The van der Waals surface area contributed by atoms with Crippen LogP contribution < -0.4 is 10.6 Å². The second kappa shape index (κ2) is 12.4. The van der Waals surface area contributed by atoms with Gasteiger partial charge in [-0.2, -0.15) is 0 Å². The number of aliphatic carboxylic acids is 1. The molecule has 2 amide bonds. The van der Waals surface area contributed by atoms with Crippen molar-refractivity contribution < 1.29 is 24.2 Å². The molecular formula is C14H28N2O5. The maximum atomic E-state index is 11.6. The lowest BCUT2D eigenvalue weighted by Crippen LogP contribution is -2.49. The highest BCUT2D eigenvalue weighted by Crippen LogP contribution is 2.07. The van der Waals surface area contributed by atoms with E-state index in [1.54, 1.807) is 14.0 Å². The second-order valence-corrected chi connectivity index (χ2v) is 4.91. The van der Waals surface area contributed by atoms with E-state index in [1.165, 1.54) is 0 Å². The van der Waals surface area contributed by atoms with E-state index in [1.807, 2.05) is 6.92 Å². The maximum absolute atomic E-state index is 11.6. The third kappa shape index (κ3) is 10.1. The number of methoxy groups -OCH3 is 1. The van der Waals surface area contributed by atoms with Crippen LogP contribution >= 0.6 is 0 Å². The molecule has 2 atom stereocenters. The molecule has 124 valence electrons. The van der Waals surface area contributed by atoms with E-state index in [4.69, 9.17) is 14.6 Å². The molecule has 0 fully saturated rings. The van der Waals surface area contributed by atoms with Gasteiger partial charge in [0.25, 0.3) is 0 Å². The highest BCUT2D eigenvalue weighted by Gasteiger charge is 2.24. The zero-order valence-corrected chi connectivity index (χ0v) is 13.2. The average Bonchev–Trinajstić information content (AvgIpc) is 2.46. The fourth-order valence-electron chi connectivity index (χ4n) is 1.65. The Balaban J connectivity index is 3.71. The van der Waals surface area contributed by atoms with Crippen molar-refractivity contribution in [3.8, 4) is 0 Å². The van der Waals surface area contributed by atoms with E-state index < -0.39 is 18.0 Å². The Kier molecular flexibility index (Phi) is 11.6. The molecule has 0 aliphatic carbocycles. The molecule has 0 aromatic carbocycles. The van der Waals surface area contributed by atoms with E-state index in [0.717, 1.165) is 12.8 Å². The number of urea groups is 1. The minimum absolute atomic E-state index is 0.109. The molecule has 7 heteroatoms. The van der Waals surface area contributed by atoms with E-state index >= 15 is 0 Å². The topological polar surface area (TPSA) is 96.9 Å². The second-order valence-electron chi connectivity index (χ2n) is 4.91. The monoisotopic (exact) mass is 304 g/mol. The zero-order chi connectivity index (χ0) is 16.1. The van der Waals surface area contributed by atoms with Crippen LogP contribution in [0.2, 0.25) is 0 Å². The number of nitrogens with one attached hydrogen (secondary N) is 2. The molecule has 0 spiro atoms. The largest absolute Gasteiger partial charge is 0.480 e. The summed E-state index contributed by atoms with van der Waals surface area (Å²) in [6.07, 6.45) is 2.30. The predicted octanol–water partition coefficient (Wildman–Crippen LogP) is 1.23. The van der Waals surface area contributed by atoms with Gasteiger partial charge in [-0.05, 0) is 18.8 Å². The molecule has 0 aromatic heterocycles. The first kappa shape index (κ1) is 19.7. The van der Waals surface area contributed by atoms with Crippen molar-refractivity contribution in [2.75, 3.05) is 33.5 Å². The van der Waals surface area contributed by atoms with E-state index in [-0.39, 0.29) is 5.92 Å². The van der Waals surface area contributed by atoms with Gasteiger partial charge in [0.05, 0.1) is 13.2 Å². The van der Waals surface area contributed by atoms with Crippen molar-refractivity contribution in [3.63, 3.8) is 0 Å². The summed E-state index contributed by atoms with van der Waals surface area (Å²) in [4.78, 5) is 22.7. The summed E-state index contributed by atoms with van der Waals surface area (Å²) in [5.41, 5.74) is 0. The summed E-state index contributed by atoms with van der Waals surface area (Å²) >= 11 is 0. The van der Waals surface area contributed by atoms with Gasteiger partial charge in [0.1, 0.15) is 6.04 Å². The first-order valence-corrected chi connectivity index (χ1v) is 7.36. The van der Waals surface area contributed by atoms with Crippen molar-refractivity contribution in [3.05, 3.63) is 0 Å². The Morgan fingerprint density at radius 2 is 1.90 bits per heavy atom. The Labute approximate surface area is 126 Å². The summed E-state index contributed by atoms with van der Waals surface area (Å²) in [6.45, 7) is 5.95. The van der Waals surface area contributed by atoms with Crippen LogP contribution in [0.15, 0.2) is 0 Å². The minimum Gasteiger partial charge on any atom is -0.480 e. The highest BCUT2D eigenvalue weighted by molar-refractivity contribution is 5.82. The SMILES string of the molecule is CCC(C)[C@H](NC(=O)NCCCCOCCOC)C(=O)O. The number of carbonyl (C=O) groups excluding carboxylic acids is 1. The minimum atomic E-state index is -1.01. The van der Waals surface area contributed by atoms with Crippen LogP contribution in [0, 0.1) is 5.92 Å². The van der Waals surface area contributed by atoms with Crippen LogP contribution in [0.4, 0.5) is 4.79 Å². The molecule has 0 saturated heterocycles. The standard InChI is InChI=1S/C14H28N2O5/c1-4-11(2)12(13(17)18)16-14(19)15-7-5-6-8-21-10-9-20-3/h11-12H,4-10H2,1-3H3,(H,17,18)(H2,15,16,19)/t11?,12-/m0/s1. The molecule has 21 heavy (non-hydrogen) atoms. The van der Waals surface area contributed by atoms with Crippen LogP contribution in [0.5, 0.6) is 0 Å².